The summed E-state index contributed by atoms with van der Waals surface area (Å²) in [6.07, 6.45) is 2.89. The molecule has 1 fully saturated rings. The molecule has 0 spiro atoms. The monoisotopic (exact) mass is 409 g/mol. The first-order valence-corrected chi connectivity index (χ1v) is 12.8. The number of hydrogen-bond acceptors (Lipinski definition) is 6. The minimum atomic E-state index is -2.02. The Bertz CT molecular complexity index is 698. The van der Waals surface area contributed by atoms with E-state index in [1.54, 1.807) is 6.20 Å². The maximum Gasteiger partial charge on any atom is 0.329 e. The first-order chi connectivity index (χ1) is 13.0. The molecule has 3 atom stereocenters. The van der Waals surface area contributed by atoms with Gasteiger partial charge in [-0.1, -0.05) is 40.3 Å². The van der Waals surface area contributed by atoms with Gasteiger partial charge in [-0.05, 0) is 24.6 Å². The van der Waals surface area contributed by atoms with Crippen molar-refractivity contribution in [2.45, 2.75) is 76.4 Å². The number of ether oxygens (including phenoxy) is 1. The van der Waals surface area contributed by atoms with Crippen LogP contribution in [0.1, 0.15) is 51.5 Å². The number of aliphatic hydroxyl groups is 1. The van der Waals surface area contributed by atoms with Gasteiger partial charge in [0.05, 0.1) is 11.8 Å². The summed E-state index contributed by atoms with van der Waals surface area (Å²) in [5, 5.41) is 21.5. The predicted octanol–water partition coefficient (Wildman–Crippen LogP) is 2.86. The van der Waals surface area contributed by atoms with Gasteiger partial charge >= 0.3 is 5.97 Å². The molecule has 1 saturated heterocycles. The Hall–Kier alpha value is -1.48. The van der Waals surface area contributed by atoms with Gasteiger partial charge in [0.25, 0.3) is 0 Å². The number of esters is 1. The Morgan fingerprint density at radius 1 is 1.54 bits per heavy atom. The number of aromatic nitrogens is 2. The summed E-state index contributed by atoms with van der Waals surface area (Å²) in [5.41, 5.74) is 0.0709. The average Bonchev–Trinajstić information content (AvgIpc) is 3.25. The van der Waals surface area contributed by atoms with E-state index in [2.05, 4.69) is 56.0 Å². The van der Waals surface area contributed by atoms with Crippen LogP contribution in [0.5, 0.6) is 0 Å². The molecule has 1 aliphatic heterocycles. The van der Waals surface area contributed by atoms with Crippen LogP contribution < -0.4 is 5.32 Å². The number of rotatable bonds is 8. The van der Waals surface area contributed by atoms with Gasteiger partial charge in [0, 0.05) is 24.7 Å². The van der Waals surface area contributed by atoms with Gasteiger partial charge in [-0.15, -0.1) is 0 Å². The van der Waals surface area contributed by atoms with Crippen molar-refractivity contribution >= 4 is 14.3 Å². The first-order valence-electron chi connectivity index (χ1n) is 9.90. The summed E-state index contributed by atoms with van der Waals surface area (Å²) >= 11 is 0. The molecule has 1 aromatic heterocycles. The Balaban J connectivity index is 2.31. The summed E-state index contributed by atoms with van der Waals surface area (Å²) in [5.74, 6) is -0.496. The van der Waals surface area contributed by atoms with Gasteiger partial charge in [0.1, 0.15) is 18.2 Å². The van der Waals surface area contributed by atoms with E-state index >= 15 is 0 Å². The Labute approximate surface area is 169 Å². The zero-order valence-electron chi connectivity index (χ0n) is 18.0. The second-order valence-electron chi connectivity index (χ2n) is 8.99. The number of H-pyrrole nitrogens is 1. The van der Waals surface area contributed by atoms with E-state index in [9.17, 15) is 9.90 Å². The lowest BCUT2D eigenvalue weighted by atomic mass is 9.85. The molecule has 2 rings (SSSR count). The number of carbonyl (C=O) groups is 1. The van der Waals surface area contributed by atoms with Gasteiger partial charge in [-0.2, -0.15) is 5.10 Å². The third-order valence-electron chi connectivity index (χ3n) is 6.01. The van der Waals surface area contributed by atoms with Crippen LogP contribution >= 0.6 is 0 Å². The van der Waals surface area contributed by atoms with Crippen LogP contribution in [0.2, 0.25) is 18.1 Å². The molecule has 158 valence electrons. The van der Waals surface area contributed by atoms with Crippen LogP contribution in [0.25, 0.3) is 0 Å². The van der Waals surface area contributed by atoms with Crippen LogP contribution in [0.4, 0.5) is 0 Å². The molecule has 0 saturated carbocycles. The number of carbonyl (C=O) groups excluding carboxylic acids is 1. The SMILES string of the molecule is C=CCOC(=O)[C@@]1(C(O)c2c[nH]nc2CC)C[C@@H](O[Si](C)(C)C(C)(C)C)CN1. The minimum Gasteiger partial charge on any atom is -0.460 e. The van der Waals surface area contributed by atoms with Gasteiger partial charge in [0.15, 0.2) is 8.32 Å². The molecule has 0 amide bonds. The van der Waals surface area contributed by atoms with Crippen LogP contribution in [-0.2, 0) is 20.4 Å². The summed E-state index contributed by atoms with van der Waals surface area (Å²) in [7, 11) is -2.02. The van der Waals surface area contributed by atoms with Gasteiger partial charge in [-0.25, -0.2) is 4.79 Å². The fraction of sp³-hybridized carbons (Fsp3) is 0.700. The van der Waals surface area contributed by atoms with Crippen molar-refractivity contribution in [1.29, 1.82) is 0 Å². The standard InChI is InChI=1S/C20H35N3O4Si/c1-8-10-26-18(25)20(17(24)15-13-22-23-16(15)9-2)11-14(12-21-20)27-28(6,7)19(3,4)5/h8,13-14,17,21,24H,1,9-12H2,2-7H3,(H,22,23)/t14-,17?,20+/m1/s1. The van der Waals surface area contributed by atoms with Crippen LogP contribution in [0.15, 0.2) is 18.9 Å². The van der Waals surface area contributed by atoms with Crippen molar-refractivity contribution in [2.24, 2.45) is 0 Å². The minimum absolute atomic E-state index is 0.0557. The maximum absolute atomic E-state index is 13.0. The third kappa shape index (κ3) is 4.40. The van der Waals surface area contributed by atoms with Gasteiger partial charge < -0.3 is 14.3 Å². The largest absolute Gasteiger partial charge is 0.460 e. The molecule has 3 N–H and O–H groups in total. The number of aromatic amines is 1. The highest BCUT2D eigenvalue weighted by Crippen LogP contribution is 2.41. The highest BCUT2D eigenvalue weighted by molar-refractivity contribution is 6.74. The molecule has 1 aromatic rings. The lowest BCUT2D eigenvalue weighted by Crippen LogP contribution is -2.53. The van der Waals surface area contributed by atoms with E-state index < -0.39 is 25.9 Å². The normalized spacial score (nSPS) is 24.2. The van der Waals surface area contributed by atoms with Crippen LogP contribution in [0, 0.1) is 0 Å². The van der Waals surface area contributed by atoms with Crippen molar-refractivity contribution in [2.75, 3.05) is 13.2 Å². The van der Waals surface area contributed by atoms with E-state index in [0.717, 1.165) is 5.69 Å². The maximum atomic E-state index is 13.0. The summed E-state index contributed by atoms with van der Waals surface area (Å²) < 4.78 is 11.9. The number of nitrogens with one attached hydrogen (secondary N) is 2. The molecule has 1 unspecified atom stereocenters. The number of aryl methyl sites for hydroxylation is 1. The zero-order valence-corrected chi connectivity index (χ0v) is 19.0. The Morgan fingerprint density at radius 3 is 2.79 bits per heavy atom. The van der Waals surface area contributed by atoms with Gasteiger partial charge in [-0.3, -0.25) is 10.4 Å². The number of nitrogens with zero attached hydrogens (tertiary/aromatic N) is 1. The zero-order chi connectivity index (χ0) is 21.2. The van der Waals surface area contributed by atoms with E-state index in [4.69, 9.17) is 9.16 Å². The summed E-state index contributed by atoms with van der Waals surface area (Å²) in [6, 6.07) is 0. The van der Waals surface area contributed by atoms with E-state index in [1.165, 1.54) is 6.08 Å². The molecular weight excluding hydrogens is 374 g/mol. The molecule has 0 bridgehead atoms. The highest BCUT2D eigenvalue weighted by Gasteiger charge is 2.54. The first kappa shape index (κ1) is 22.8. The third-order valence-corrected chi connectivity index (χ3v) is 10.5. The predicted molar refractivity (Wildman–Crippen MR) is 112 cm³/mol. The van der Waals surface area contributed by atoms with Crippen molar-refractivity contribution in [3.63, 3.8) is 0 Å². The molecule has 8 heteroatoms. The van der Waals surface area contributed by atoms with Crippen molar-refractivity contribution in [1.82, 2.24) is 15.5 Å². The lowest BCUT2D eigenvalue weighted by Gasteiger charge is -2.38. The molecule has 0 radical (unpaired) electrons. The molecule has 0 aliphatic carbocycles. The molecular formula is C20H35N3O4Si. The molecule has 28 heavy (non-hydrogen) atoms. The average molecular weight is 410 g/mol. The lowest BCUT2D eigenvalue weighted by molar-refractivity contribution is -0.155. The summed E-state index contributed by atoms with van der Waals surface area (Å²) in [6.45, 7) is 17.0. The number of hydrogen-bond donors (Lipinski definition) is 3. The second-order valence-corrected chi connectivity index (χ2v) is 13.7. The quantitative estimate of drug-likeness (QED) is 0.347. The molecule has 1 aliphatic rings. The van der Waals surface area contributed by atoms with Crippen molar-refractivity contribution in [3.8, 4) is 0 Å². The second kappa shape index (κ2) is 8.48. The fourth-order valence-corrected chi connectivity index (χ4v) is 4.68. The molecule has 7 nitrogen and oxygen atoms in total. The van der Waals surface area contributed by atoms with Crippen molar-refractivity contribution in [3.05, 3.63) is 30.1 Å². The summed E-state index contributed by atoms with van der Waals surface area (Å²) in [4.78, 5) is 13.0. The van der Waals surface area contributed by atoms with E-state index in [1.807, 2.05) is 6.92 Å². The topological polar surface area (TPSA) is 96.5 Å². The van der Waals surface area contributed by atoms with E-state index in [0.29, 0.717) is 24.9 Å². The van der Waals surface area contributed by atoms with E-state index in [-0.39, 0.29) is 17.7 Å². The highest BCUT2D eigenvalue weighted by atomic mass is 28.4. The fourth-order valence-electron chi connectivity index (χ4n) is 3.33. The number of aliphatic hydroxyl groups excluding tert-OH is 1. The van der Waals surface area contributed by atoms with Crippen LogP contribution in [0.3, 0.4) is 0 Å². The Kier molecular flexibility index (Phi) is 6.91. The Morgan fingerprint density at radius 2 is 2.21 bits per heavy atom. The smallest absolute Gasteiger partial charge is 0.329 e. The van der Waals surface area contributed by atoms with Crippen molar-refractivity contribution < 1.29 is 19.1 Å². The van der Waals surface area contributed by atoms with Crippen LogP contribution in [-0.4, -0.2) is 54.4 Å². The molecule has 2 heterocycles. The van der Waals surface area contributed by atoms with Gasteiger partial charge in [0.2, 0.25) is 0 Å². The molecule has 0 aromatic carbocycles.